The molecule has 0 atom stereocenters. The highest BCUT2D eigenvalue weighted by molar-refractivity contribution is 7.98. The number of hydrogen-bond acceptors (Lipinski definition) is 5. The van der Waals surface area contributed by atoms with E-state index < -0.39 is 0 Å². The van der Waals surface area contributed by atoms with E-state index in [1.54, 1.807) is 0 Å². The lowest BCUT2D eigenvalue weighted by Crippen LogP contribution is -2.24. The van der Waals surface area contributed by atoms with Gasteiger partial charge in [0.15, 0.2) is 10.9 Å². The first kappa shape index (κ1) is 20.3. The van der Waals surface area contributed by atoms with Gasteiger partial charge in [-0.3, -0.25) is 4.79 Å². The number of aromatic nitrogens is 2. The van der Waals surface area contributed by atoms with E-state index >= 15 is 0 Å². The second kappa shape index (κ2) is 10.2. The van der Waals surface area contributed by atoms with Crippen molar-refractivity contribution in [3.63, 3.8) is 0 Å². The fraction of sp³-hybridized carbons (Fsp3) is 0.190. The van der Waals surface area contributed by atoms with Crippen molar-refractivity contribution in [1.29, 1.82) is 0 Å². The molecular formula is C21H20ClN3O2S. The van der Waals surface area contributed by atoms with Crippen LogP contribution in [0.15, 0.2) is 66.0 Å². The lowest BCUT2D eigenvalue weighted by atomic mass is 10.1. The van der Waals surface area contributed by atoms with Crippen molar-refractivity contribution in [1.82, 2.24) is 15.3 Å². The molecule has 0 aliphatic rings. The summed E-state index contributed by atoms with van der Waals surface area (Å²) in [5, 5.41) is 3.58. The number of halogens is 1. The van der Waals surface area contributed by atoms with Crippen molar-refractivity contribution in [2.24, 2.45) is 0 Å². The number of carbonyl (C=O) groups excluding carboxylic acids is 1. The molecule has 0 saturated carbocycles. The number of hydrogen-bond donors (Lipinski definition) is 1. The van der Waals surface area contributed by atoms with Crippen LogP contribution in [0.4, 0.5) is 0 Å². The van der Waals surface area contributed by atoms with Crippen molar-refractivity contribution in [2.45, 2.75) is 24.9 Å². The highest BCUT2D eigenvalue weighted by atomic mass is 35.5. The van der Waals surface area contributed by atoms with Crippen molar-refractivity contribution < 1.29 is 9.53 Å². The van der Waals surface area contributed by atoms with E-state index in [9.17, 15) is 4.79 Å². The van der Waals surface area contributed by atoms with Crippen molar-refractivity contribution >= 4 is 29.3 Å². The maximum atomic E-state index is 12.3. The Bertz CT molecular complexity index is 921. The van der Waals surface area contributed by atoms with Crippen LogP contribution in [-0.4, -0.2) is 22.1 Å². The van der Waals surface area contributed by atoms with Gasteiger partial charge in [0.25, 0.3) is 5.91 Å². The molecule has 1 N–H and O–H groups in total. The molecular weight excluding hydrogens is 394 g/mol. The summed E-state index contributed by atoms with van der Waals surface area (Å²) in [6, 6.07) is 18.0. The highest BCUT2D eigenvalue weighted by Crippen LogP contribution is 2.16. The zero-order chi connectivity index (χ0) is 19.8. The molecule has 3 rings (SSSR count). The predicted molar refractivity (Wildman–Crippen MR) is 111 cm³/mol. The van der Waals surface area contributed by atoms with Gasteiger partial charge in [-0.15, -0.1) is 0 Å². The van der Waals surface area contributed by atoms with Crippen LogP contribution >= 0.6 is 23.4 Å². The average Bonchev–Trinajstić information content (AvgIpc) is 2.74. The topological polar surface area (TPSA) is 64.1 Å². The quantitative estimate of drug-likeness (QED) is 0.435. The van der Waals surface area contributed by atoms with E-state index in [-0.39, 0.29) is 16.6 Å². The first-order valence-corrected chi connectivity index (χ1v) is 10.3. The number of rotatable bonds is 8. The normalized spacial score (nSPS) is 10.6. The van der Waals surface area contributed by atoms with Gasteiger partial charge < -0.3 is 10.1 Å². The Morgan fingerprint density at radius 1 is 1.04 bits per heavy atom. The van der Waals surface area contributed by atoms with E-state index in [0.29, 0.717) is 24.9 Å². The van der Waals surface area contributed by atoms with Gasteiger partial charge in [0.05, 0.1) is 24.4 Å². The lowest BCUT2D eigenvalue weighted by Gasteiger charge is -2.08. The Hall–Kier alpha value is -2.41. The molecule has 144 valence electrons. The van der Waals surface area contributed by atoms with Gasteiger partial charge >= 0.3 is 0 Å². The third kappa shape index (κ3) is 5.79. The van der Waals surface area contributed by atoms with Crippen LogP contribution in [0.25, 0.3) is 0 Å². The minimum absolute atomic E-state index is 0.187. The van der Waals surface area contributed by atoms with Crippen molar-refractivity contribution in [2.75, 3.05) is 6.26 Å². The molecule has 5 nitrogen and oxygen atoms in total. The first-order valence-electron chi connectivity index (χ1n) is 8.70. The minimum Gasteiger partial charge on any atom is -0.372 e. The number of thioether (sulfide) groups is 1. The maximum Gasteiger partial charge on any atom is 0.271 e. The van der Waals surface area contributed by atoms with Crippen LogP contribution in [0.2, 0.25) is 5.02 Å². The summed E-state index contributed by atoms with van der Waals surface area (Å²) >= 11 is 7.39. The third-order valence-corrected chi connectivity index (χ3v) is 4.81. The first-order chi connectivity index (χ1) is 13.7. The summed E-state index contributed by atoms with van der Waals surface area (Å²) in [4.78, 5) is 20.5. The van der Waals surface area contributed by atoms with E-state index in [2.05, 4.69) is 15.3 Å². The number of ether oxygens (including phenoxy) is 1. The van der Waals surface area contributed by atoms with Crippen LogP contribution in [0.3, 0.4) is 0 Å². The molecule has 1 aromatic heterocycles. The molecule has 0 aliphatic heterocycles. The Labute approximate surface area is 173 Å². The van der Waals surface area contributed by atoms with Gasteiger partial charge in [-0.2, -0.15) is 0 Å². The lowest BCUT2D eigenvalue weighted by molar-refractivity contribution is 0.0945. The van der Waals surface area contributed by atoms with Gasteiger partial charge in [-0.1, -0.05) is 78.0 Å². The molecule has 28 heavy (non-hydrogen) atoms. The Morgan fingerprint density at radius 3 is 2.36 bits per heavy atom. The number of nitrogens with zero attached hydrogens (tertiary/aromatic N) is 2. The standard InChI is InChI=1S/C21H20ClN3O2S/c1-28-21-24-12-18(22)19(25-21)20(26)23-11-15-7-9-17(10-8-15)14-27-13-16-5-3-2-4-6-16/h2-10,12H,11,13-14H2,1H3,(H,23,26). The van der Waals surface area contributed by atoms with Crippen molar-refractivity contribution in [3.05, 3.63) is 88.2 Å². The molecule has 7 heteroatoms. The Kier molecular flexibility index (Phi) is 7.42. The molecule has 0 spiro atoms. The van der Waals surface area contributed by atoms with Gasteiger partial charge in [-0.25, -0.2) is 9.97 Å². The SMILES string of the molecule is CSc1ncc(Cl)c(C(=O)NCc2ccc(COCc3ccccc3)cc2)n1. The van der Waals surface area contributed by atoms with E-state index in [1.807, 2.05) is 60.9 Å². The summed E-state index contributed by atoms with van der Waals surface area (Å²) in [5.41, 5.74) is 3.40. The molecule has 0 fully saturated rings. The Balaban J connectivity index is 1.49. The number of carbonyl (C=O) groups is 1. The molecule has 0 aliphatic carbocycles. The number of nitrogens with one attached hydrogen (secondary N) is 1. The number of amides is 1. The fourth-order valence-electron chi connectivity index (χ4n) is 2.49. The predicted octanol–water partition coefficient (Wildman–Crippen LogP) is 4.50. The molecule has 0 unspecified atom stereocenters. The van der Waals surface area contributed by atoms with Crippen LogP contribution in [-0.2, 0) is 24.5 Å². The van der Waals surface area contributed by atoms with Crippen molar-refractivity contribution in [3.8, 4) is 0 Å². The molecule has 0 bridgehead atoms. The second-order valence-corrected chi connectivity index (χ2v) is 7.21. The summed E-state index contributed by atoms with van der Waals surface area (Å²) in [6.07, 6.45) is 3.29. The average molecular weight is 414 g/mol. The van der Waals surface area contributed by atoms with Gasteiger partial charge in [0.1, 0.15) is 0 Å². The maximum absolute atomic E-state index is 12.3. The fourth-order valence-corrected chi connectivity index (χ4v) is 3.01. The number of benzene rings is 2. The van der Waals surface area contributed by atoms with E-state index in [4.69, 9.17) is 16.3 Å². The molecule has 1 heterocycles. The molecule has 0 saturated heterocycles. The van der Waals surface area contributed by atoms with Gasteiger partial charge in [0, 0.05) is 6.54 Å². The van der Waals surface area contributed by atoms with Crippen LogP contribution < -0.4 is 5.32 Å². The zero-order valence-corrected chi connectivity index (χ0v) is 17.0. The third-order valence-electron chi connectivity index (χ3n) is 3.98. The second-order valence-electron chi connectivity index (χ2n) is 6.03. The van der Waals surface area contributed by atoms with Gasteiger partial charge in [-0.05, 0) is 22.9 Å². The summed E-state index contributed by atoms with van der Waals surface area (Å²) < 4.78 is 5.74. The van der Waals surface area contributed by atoms with Crippen LogP contribution in [0.5, 0.6) is 0 Å². The highest BCUT2D eigenvalue weighted by Gasteiger charge is 2.13. The molecule has 0 radical (unpaired) electrons. The van der Waals surface area contributed by atoms with Gasteiger partial charge in [0.2, 0.25) is 0 Å². The van der Waals surface area contributed by atoms with Crippen LogP contribution in [0.1, 0.15) is 27.2 Å². The molecule has 2 aromatic carbocycles. The largest absolute Gasteiger partial charge is 0.372 e. The molecule has 1 amide bonds. The monoisotopic (exact) mass is 413 g/mol. The summed E-state index contributed by atoms with van der Waals surface area (Å²) in [6.45, 7) is 1.50. The minimum atomic E-state index is -0.321. The zero-order valence-electron chi connectivity index (χ0n) is 15.4. The van der Waals surface area contributed by atoms with Crippen LogP contribution in [0, 0.1) is 0 Å². The van der Waals surface area contributed by atoms with E-state index in [0.717, 1.165) is 16.7 Å². The Morgan fingerprint density at radius 2 is 1.68 bits per heavy atom. The van der Waals surface area contributed by atoms with E-state index in [1.165, 1.54) is 18.0 Å². The summed E-state index contributed by atoms with van der Waals surface area (Å²) in [7, 11) is 0. The summed E-state index contributed by atoms with van der Waals surface area (Å²) in [5.74, 6) is -0.321. The molecule has 3 aromatic rings. The smallest absolute Gasteiger partial charge is 0.271 e.